The summed E-state index contributed by atoms with van der Waals surface area (Å²) in [4.78, 5) is 0. The molecule has 0 aromatic rings. The standard InChI is InChI=1S/C15H24O2/c1-9(2)14-13-10(3)6-11(4)15(7-16,8-17-14)12(13)5/h6,11-13,16H,7-8H2,1-5H3/t11-,12+,13-,15+/m1/s1. The second-order valence-corrected chi connectivity index (χ2v) is 6.01. The van der Waals surface area contributed by atoms with E-state index in [1.54, 1.807) is 0 Å². The fourth-order valence-electron chi connectivity index (χ4n) is 3.59. The number of hydrogen-bond acceptors (Lipinski definition) is 2. The minimum atomic E-state index is -0.0941. The highest BCUT2D eigenvalue weighted by Crippen LogP contribution is 2.53. The van der Waals surface area contributed by atoms with E-state index in [0.29, 0.717) is 24.4 Å². The van der Waals surface area contributed by atoms with Gasteiger partial charge in [0, 0.05) is 11.3 Å². The maximum atomic E-state index is 9.82. The van der Waals surface area contributed by atoms with Gasteiger partial charge in [-0.1, -0.05) is 25.5 Å². The third kappa shape index (κ3) is 1.65. The van der Waals surface area contributed by atoms with Crippen LogP contribution in [0.2, 0.25) is 0 Å². The van der Waals surface area contributed by atoms with Gasteiger partial charge in [-0.2, -0.15) is 0 Å². The van der Waals surface area contributed by atoms with Crippen LogP contribution in [0.5, 0.6) is 0 Å². The maximum Gasteiger partial charge on any atom is 0.102 e. The second-order valence-electron chi connectivity index (χ2n) is 6.01. The van der Waals surface area contributed by atoms with Crippen LogP contribution in [0.15, 0.2) is 23.0 Å². The molecular formula is C15H24O2. The number of ether oxygens (including phenoxy) is 1. The zero-order chi connectivity index (χ0) is 12.8. The first kappa shape index (κ1) is 12.7. The molecule has 1 aliphatic carbocycles. The average molecular weight is 236 g/mol. The maximum absolute atomic E-state index is 9.82. The van der Waals surface area contributed by atoms with Gasteiger partial charge in [-0.25, -0.2) is 0 Å². The second kappa shape index (κ2) is 4.16. The number of hydrogen-bond donors (Lipinski definition) is 1. The Morgan fingerprint density at radius 3 is 2.65 bits per heavy atom. The summed E-state index contributed by atoms with van der Waals surface area (Å²) in [6, 6.07) is 0. The quantitative estimate of drug-likeness (QED) is 0.709. The van der Waals surface area contributed by atoms with E-state index in [-0.39, 0.29) is 12.0 Å². The number of fused-ring (bicyclic) bond motifs is 2. The van der Waals surface area contributed by atoms with Crippen LogP contribution in [-0.4, -0.2) is 18.3 Å². The highest BCUT2D eigenvalue weighted by atomic mass is 16.5. The van der Waals surface area contributed by atoms with E-state index >= 15 is 0 Å². The van der Waals surface area contributed by atoms with Crippen molar-refractivity contribution in [3.8, 4) is 0 Å². The fourth-order valence-corrected chi connectivity index (χ4v) is 3.59. The van der Waals surface area contributed by atoms with Crippen LogP contribution < -0.4 is 0 Å². The molecule has 2 rings (SSSR count). The monoisotopic (exact) mass is 236 g/mol. The van der Waals surface area contributed by atoms with E-state index in [1.165, 1.54) is 11.1 Å². The Morgan fingerprint density at radius 2 is 2.12 bits per heavy atom. The Hall–Kier alpha value is -0.760. The molecule has 96 valence electrons. The Morgan fingerprint density at radius 1 is 1.47 bits per heavy atom. The van der Waals surface area contributed by atoms with E-state index < -0.39 is 0 Å². The van der Waals surface area contributed by atoms with E-state index in [9.17, 15) is 5.11 Å². The van der Waals surface area contributed by atoms with Gasteiger partial charge >= 0.3 is 0 Å². The van der Waals surface area contributed by atoms with Crippen molar-refractivity contribution in [2.45, 2.75) is 34.6 Å². The van der Waals surface area contributed by atoms with E-state index in [1.807, 2.05) is 0 Å². The van der Waals surface area contributed by atoms with Crippen molar-refractivity contribution in [1.29, 1.82) is 0 Å². The van der Waals surface area contributed by atoms with Gasteiger partial charge in [-0.05, 0) is 38.2 Å². The van der Waals surface area contributed by atoms with Gasteiger partial charge in [0.1, 0.15) is 5.76 Å². The summed E-state index contributed by atoms with van der Waals surface area (Å²) >= 11 is 0. The van der Waals surface area contributed by atoms with Crippen LogP contribution in [-0.2, 0) is 4.74 Å². The molecule has 1 aliphatic heterocycles. The van der Waals surface area contributed by atoms with Gasteiger partial charge in [0.05, 0.1) is 13.2 Å². The molecule has 1 heterocycles. The van der Waals surface area contributed by atoms with E-state index in [2.05, 4.69) is 40.7 Å². The largest absolute Gasteiger partial charge is 0.497 e. The van der Waals surface area contributed by atoms with Crippen LogP contribution in [0.4, 0.5) is 0 Å². The number of rotatable bonds is 1. The summed E-state index contributed by atoms with van der Waals surface area (Å²) in [5, 5.41) is 9.82. The third-order valence-electron chi connectivity index (χ3n) is 4.88. The Balaban J connectivity index is 2.52. The molecule has 0 aromatic carbocycles. The van der Waals surface area contributed by atoms with Crippen LogP contribution in [0.25, 0.3) is 0 Å². The highest BCUT2D eigenvalue weighted by Gasteiger charge is 2.52. The lowest BCUT2D eigenvalue weighted by Crippen LogP contribution is -2.52. The molecule has 0 amide bonds. The first-order valence-corrected chi connectivity index (χ1v) is 6.53. The smallest absolute Gasteiger partial charge is 0.102 e. The first-order valence-electron chi connectivity index (χ1n) is 6.53. The molecule has 0 saturated carbocycles. The van der Waals surface area contributed by atoms with Crippen molar-refractivity contribution in [2.75, 3.05) is 13.2 Å². The normalized spacial score (nSPS) is 40.7. The minimum Gasteiger partial charge on any atom is -0.497 e. The summed E-state index contributed by atoms with van der Waals surface area (Å²) in [7, 11) is 0. The van der Waals surface area contributed by atoms with Gasteiger partial charge < -0.3 is 9.84 Å². The molecule has 1 fully saturated rings. The van der Waals surface area contributed by atoms with Crippen molar-refractivity contribution < 1.29 is 9.84 Å². The summed E-state index contributed by atoms with van der Waals surface area (Å²) in [5.74, 6) is 2.32. The van der Waals surface area contributed by atoms with Crippen LogP contribution >= 0.6 is 0 Å². The SMILES string of the molecule is CC1=C[C@@H](C)[C@]2(CO)COC(=C(C)C)[C@H]1[C@@H]2C. The number of aliphatic hydroxyl groups excluding tert-OH is 1. The summed E-state index contributed by atoms with van der Waals surface area (Å²) in [6.45, 7) is 11.7. The van der Waals surface area contributed by atoms with Gasteiger partial charge in [0.15, 0.2) is 0 Å². The predicted molar refractivity (Wildman–Crippen MR) is 69.4 cm³/mol. The van der Waals surface area contributed by atoms with Gasteiger partial charge in [0.2, 0.25) is 0 Å². The van der Waals surface area contributed by atoms with Crippen molar-refractivity contribution in [3.05, 3.63) is 23.0 Å². The van der Waals surface area contributed by atoms with Gasteiger partial charge in [-0.3, -0.25) is 0 Å². The predicted octanol–water partition coefficient (Wildman–Crippen LogP) is 3.14. The lowest BCUT2D eigenvalue weighted by Gasteiger charge is -2.53. The average Bonchev–Trinajstić information content (AvgIpc) is 2.26. The molecule has 17 heavy (non-hydrogen) atoms. The number of aliphatic hydroxyl groups is 1. The summed E-state index contributed by atoms with van der Waals surface area (Å²) in [6.07, 6.45) is 2.33. The Bertz CT molecular complexity index is 376. The third-order valence-corrected chi connectivity index (χ3v) is 4.88. The van der Waals surface area contributed by atoms with Crippen molar-refractivity contribution in [3.63, 3.8) is 0 Å². The lowest BCUT2D eigenvalue weighted by molar-refractivity contribution is -0.0933. The molecule has 0 spiro atoms. The molecule has 0 aromatic heterocycles. The van der Waals surface area contributed by atoms with Crippen LogP contribution in [0.3, 0.4) is 0 Å². The zero-order valence-electron chi connectivity index (χ0n) is 11.6. The van der Waals surface area contributed by atoms with E-state index in [0.717, 1.165) is 5.76 Å². The lowest BCUT2D eigenvalue weighted by atomic mass is 9.57. The highest BCUT2D eigenvalue weighted by molar-refractivity contribution is 5.29. The molecule has 2 heteroatoms. The van der Waals surface area contributed by atoms with E-state index in [4.69, 9.17) is 4.74 Å². The Kier molecular flexibility index (Phi) is 3.11. The molecular weight excluding hydrogens is 212 g/mol. The minimum absolute atomic E-state index is 0.0941. The van der Waals surface area contributed by atoms with Crippen LogP contribution in [0.1, 0.15) is 34.6 Å². The molecule has 0 radical (unpaired) electrons. The molecule has 1 saturated heterocycles. The molecule has 2 aliphatic rings. The molecule has 1 N–H and O–H groups in total. The summed E-state index contributed by atoms with van der Waals surface area (Å²) in [5.41, 5.74) is 2.56. The topological polar surface area (TPSA) is 29.5 Å². The molecule has 4 atom stereocenters. The number of allylic oxidation sites excluding steroid dienone is 3. The van der Waals surface area contributed by atoms with Crippen molar-refractivity contribution in [1.82, 2.24) is 0 Å². The molecule has 2 nitrogen and oxygen atoms in total. The Labute approximate surface area is 104 Å². The van der Waals surface area contributed by atoms with Gasteiger partial charge in [0.25, 0.3) is 0 Å². The van der Waals surface area contributed by atoms with Gasteiger partial charge in [-0.15, -0.1) is 0 Å². The first-order chi connectivity index (χ1) is 7.94. The summed E-state index contributed by atoms with van der Waals surface area (Å²) < 4.78 is 5.99. The molecule has 2 bridgehead atoms. The fraction of sp³-hybridized carbons (Fsp3) is 0.733. The molecule has 0 unspecified atom stereocenters. The van der Waals surface area contributed by atoms with Crippen molar-refractivity contribution >= 4 is 0 Å². The van der Waals surface area contributed by atoms with Crippen molar-refractivity contribution in [2.24, 2.45) is 23.2 Å². The zero-order valence-corrected chi connectivity index (χ0v) is 11.6. The van der Waals surface area contributed by atoms with Crippen LogP contribution in [0, 0.1) is 23.2 Å².